The molecule has 3 heteroatoms. The van der Waals surface area contributed by atoms with E-state index in [1.165, 1.54) is 0 Å². The number of methoxy groups -OCH3 is 1. The average molecular weight is 226 g/mol. The van der Waals surface area contributed by atoms with Crippen molar-refractivity contribution in [3.05, 3.63) is 11.8 Å². The van der Waals surface area contributed by atoms with Crippen molar-refractivity contribution in [2.45, 2.75) is 52.7 Å². The highest BCUT2D eigenvalue weighted by Crippen LogP contribution is 2.36. The molecule has 0 bridgehead atoms. The molecule has 0 saturated heterocycles. The van der Waals surface area contributed by atoms with Crippen molar-refractivity contribution in [3.63, 3.8) is 0 Å². The summed E-state index contributed by atoms with van der Waals surface area (Å²) in [5.41, 5.74) is 1.12. The minimum Gasteiger partial charge on any atom is -0.471 e. The summed E-state index contributed by atoms with van der Waals surface area (Å²) in [6.45, 7) is 7.92. The van der Waals surface area contributed by atoms with E-state index in [0.717, 1.165) is 12.0 Å². The van der Waals surface area contributed by atoms with Gasteiger partial charge in [-0.25, -0.2) is 0 Å². The predicted octanol–water partition coefficient (Wildman–Crippen LogP) is 3.05. The second-order valence-electron chi connectivity index (χ2n) is 5.73. The Kier molecular flexibility index (Phi) is 3.79. The number of ketones is 1. The van der Waals surface area contributed by atoms with E-state index in [1.54, 1.807) is 13.4 Å². The van der Waals surface area contributed by atoms with E-state index >= 15 is 0 Å². The zero-order valence-corrected chi connectivity index (χ0v) is 10.9. The summed E-state index contributed by atoms with van der Waals surface area (Å²) in [5.74, 6) is -0.334. The van der Waals surface area contributed by atoms with Crippen LogP contribution < -0.4 is 0 Å². The van der Waals surface area contributed by atoms with Crippen LogP contribution in [0.15, 0.2) is 11.8 Å². The fourth-order valence-corrected chi connectivity index (χ4v) is 1.95. The number of rotatable bonds is 3. The van der Waals surface area contributed by atoms with Crippen LogP contribution in [-0.2, 0) is 14.3 Å². The molecule has 1 saturated carbocycles. The van der Waals surface area contributed by atoms with E-state index in [1.807, 2.05) is 13.8 Å². The minimum absolute atomic E-state index is 0.0573. The van der Waals surface area contributed by atoms with Crippen LogP contribution in [0.2, 0.25) is 0 Å². The molecule has 3 nitrogen and oxygen atoms in total. The third kappa shape index (κ3) is 3.97. The Morgan fingerprint density at radius 3 is 2.44 bits per heavy atom. The number of carbonyl (C=O) groups excluding carboxylic acids is 1. The first kappa shape index (κ1) is 13.2. The average Bonchev–Trinajstić information content (AvgIpc) is 2.12. The van der Waals surface area contributed by atoms with Gasteiger partial charge in [0.2, 0.25) is 5.79 Å². The van der Waals surface area contributed by atoms with Gasteiger partial charge in [-0.3, -0.25) is 4.79 Å². The Morgan fingerprint density at radius 2 is 1.94 bits per heavy atom. The van der Waals surface area contributed by atoms with E-state index in [-0.39, 0.29) is 5.41 Å². The Bertz CT molecular complexity index is 300. The molecular weight excluding hydrogens is 204 g/mol. The molecule has 0 aromatic rings. The summed E-state index contributed by atoms with van der Waals surface area (Å²) in [6, 6.07) is 0. The van der Waals surface area contributed by atoms with E-state index in [4.69, 9.17) is 9.47 Å². The summed E-state index contributed by atoms with van der Waals surface area (Å²) < 4.78 is 10.7. The van der Waals surface area contributed by atoms with Crippen LogP contribution >= 0.6 is 0 Å². The van der Waals surface area contributed by atoms with Crippen LogP contribution in [0, 0.1) is 5.41 Å². The molecule has 1 fully saturated rings. The molecule has 16 heavy (non-hydrogen) atoms. The van der Waals surface area contributed by atoms with Gasteiger partial charge in [-0.1, -0.05) is 13.8 Å². The van der Waals surface area contributed by atoms with Crippen molar-refractivity contribution in [2.24, 2.45) is 5.41 Å². The van der Waals surface area contributed by atoms with Crippen molar-refractivity contribution in [1.29, 1.82) is 0 Å². The molecule has 92 valence electrons. The molecule has 0 heterocycles. The summed E-state index contributed by atoms with van der Waals surface area (Å²) in [5, 5.41) is 0. The number of allylic oxidation sites excluding steroid dienone is 1. The van der Waals surface area contributed by atoms with Gasteiger partial charge >= 0.3 is 0 Å². The van der Waals surface area contributed by atoms with Crippen molar-refractivity contribution >= 4 is 5.78 Å². The zero-order valence-electron chi connectivity index (χ0n) is 10.9. The zero-order chi connectivity index (χ0) is 12.4. The van der Waals surface area contributed by atoms with Crippen LogP contribution in [0.3, 0.4) is 0 Å². The maximum atomic E-state index is 11.6. The molecule has 0 aliphatic heterocycles. The first-order valence-electron chi connectivity index (χ1n) is 5.67. The first-order chi connectivity index (χ1) is 7.24. The summed E-state index contributed by atoms with van der Waals surface area (Å²) >= 11 is 0. The minimum atomic E-state index is -0.627. The molecule has 0 unspecified atom stereocenters. The van der Waals surface area contributed by atoms with Crippen LogP contribution in [-0.4, -0.2) is 18.7 Å². The highest BCUT2D eigenvalue weighted by atomic mass is 16.7. The summed E-state index contributed by atoms with van der Waals surface area (Å²) in [6.07, 6.45) is 3.79. The van der Waals surface area contributed by atoms with Crippen molar-refractivity contribution in [2.75, 3.05) is 7.11 Å². The lowest BCUT2D eigenvalue weighted by Gasteiger charge is -2.31. The normalized spacial score (nSPS) is 23.6. The third-order valence-corrected chi connectivity index (χ3v) is 2.81. The molecule has 0 aromatic heterocycles. The summed E-state index contributed by atoms with van der Waals surface area (Å²) in [4.78, 5) is 11.6. The predicted molar refractivity (Wildman–Crippen MR) is 62.9 cm³/mol. The third-order valence-electron chi connectivity index (χ3n) is 2.81. The molecule has 0 spiro atoms. The summed E-state index contributed by atoms with van der Waals surface area (Å²) in [7, 11) is 1.61. The van der Waals surface area contributed by atoms with Gasteiger partial charge in [-0.05, 0) is 17.4 Å². The topological polar surface area (TPSA) is 35.5 Å². The van der Waals surface area contributed by atoms with Crippen molar-refractivity contribution in [3.8, 4) is 0 Å². The highest BCUT2D eigenvalue weighted by Gasteiger charge is 2.30. The van der Waals surface area contributed by atoms with Gasteiger partial charge in [0.05, 0.1) is 6.26 Å². The Labute approximate surface area is 97.8 Å². The molecule has 0 aromatic carbocycles. The van der Waals surface area contributed by atoms with Gasteiger partial charge in [0.1, 0.15) is 5.78 Å². The molecule has 0 amide bonds. The number of carbonyl (C=O) groups is 1. The highest BCUT2D eigenvalue weighted by molar-refractivity contribution is 5.82. The monoisotopic (exact) mass is 226 g/mol. The molecular formula is C13H22O3. The standard InChI is InChI=1S/C13H22O3/c1-12(2)7-10(6-11(14)8-12)9-16-13(3,4)15-5/h9H,6-8H2,1-5H3/b10-9-. The second-order valence-corrected chi connectivity index (χ2v) is 5.73. The van der Waals surface area contributed by atoms with E-state index in [2.05, 4.69) is 13.8 Å². The first-order valence-corrected chi connectivity index (χ1v) is 5.67. The van der Waals surface area contributed by atoms with Crippen molar-refractivity contribution < 1.29 is 14.3 Å². The molecule has 0 atom stereocenters. The van der Waals surface area contributed by atoms with Crippen LogP contribution in [0.1, 0.15) is 47.0 Å². The Balaban J connectivity index is 2.66. The van der Waals surface area contributed by atoms with E-state index in [9.17, 15) is 4.79 Å². The largest absolute Gasteiger partial charge is 0.471 e. The molecule has 1 rings (SSSR count). The lowest BCUT2D eigenvalue weighted by molar-refractivity contribution is -0.162. The maximum Gasteiger partial charge on any atom is 0.203 e. The fraction of sp³-hybridized carbons (Fsp3) is 0.769. The Morgan fingerprint density at radius 1 is 1.31 bits per heavy atom. The molecule has 0 radical (unpaired) electrons. The SMILES string of the molecule is COC(C)(C)O/C=C1/CC(=O)CC(C)(C)C1. The van der Waals surface area contributed by atoms with E-state index < -0.39 is 5.79 Å². The van der Waals surface area contributed by atoms with Gasteiger partial charge in [0.15, 0.2) is 0 Å². The van der Waals surface area contributed by atoms with Crippen LogP contribution in [0.4, 0.5) is 0 Å². The lowest BCUT2D eigenvalue weighted by Crippen LogP contribution is -2.27. The molecule has 1 aliphatic rings. The van der Waals surface area contributed by atoms with Gasteiger partial charge in [-0.2, -0.15) is 0 Å². The van der Waals surface area contributed by atoms with Gasteiger partial charge in [0.25, 0.3) is 0 Å². The van der Waals surface area contributed by atoms with Gasteiger partial charge in [0, 0.05) is 33.8 Å². The van der Waals surface area contributed by atoms with Crippen LogP contribution in [0.25, 0.3) is 0 Å². The van der Waals surface area contributed by atoms with Gasteiger partial charge < -0.3 is 9.47 Å². The lowest BCUT2D eigenvalue weighted by atomic mass is 9.75. The van der Waals surface area contributed by atoms with E-state index in [0.29, 0.717) is 18.6 Å². The van der Waals surface area contributed by atoms with Crippen molar-refractivity contribution in [1.82, 2.24) is 0 Å². The number of hydrogen-bond donors (Lipinski definition) is 0. The fourth-order valence-electron chi connectivity index (χ4n) is 1.95. The number of Topliss-reactive ketones (excluding diaryl/α,β-unsaturated/α-hetero) is 1. The van der Waals surface area contributed by atoms with Crippen LogP contribution in [0.5, 0.6) is 0 Å². The Hall–Kier alpha value is -0.830. The number of hydrogen-bond acceptors (Lipinski definition) is 3. The number of ether oxygens (including phenoxy) is 2. The quantitative estimate of drug-likeness (QED) is 0.548. The second kappa shape index (κ2) is 4.58. The molecule has 0 N–H and O–H groups in total. The smallest absolute Gasteiger partial charge is 0.203 e. The molecule has 1 aliphatic carbocycles. The maximum absolute atomic E-state index is 11.6. The van der Waals surface area contributed by atoms with Gasteiger partial charge in [-0.15, -0.1) is 0 Å².